The lowest BCUT2D eigenvalue weighted by molar-refractivity contribution is -0.170. The summed E-state index contributed by atoms with van der Waals surface area (Å²) in [5.41, 5.74) is 0.416. The highest BCUT2D eigenvalue weighted by Crippen LogP contribution is 2.23. The maximum atomic E-state index is 10.3. The van der Waals surface area contributed by atoms with Crippen molar-refractivity contribution in [2.75, 3.05) is 13.2 Å². The minimum Gasteiger partial charge on any atom is -0.487 e. The topological polar surface area (TPSA) is 180 Å². The molecular formula is C30H35N3O9. The standard InChI is InChI=1S/C24H27N3O2.C6H8O7/c1-2-12-24(29-19-22-10-4-6-14-26-22)20(8-1)16-27(18-23-11-7-15-28-23)17-21-9-3-5-13-25-21;7-3(8)1-6(13,5(11)12)2-4(9)10/h1-6,8-10,12-14,23H,7,11,15-19H2;13H,1-2H2,(H,7,8)(H,9,10)(H,11,12). The number of ether oxygens (including phenoxy) is 2. The predicted octanol–water partition coefficient (Wildman–Crippen LogP) is 2.99. The fourth-order valence-electron chi connectivity index (χ4n) is 4.35. The van der Waals surface area contributed by atoms with Gasteiger partial charge in [-0.15, -0.1) is 0 Å². The summed E-state index contributed by atoms with van der Waals surface area (Å²) in [6.07, 6.45) is 3.91. The van der Waals surface area contributed by atoms with Crippen molar-refractivity contribution in [1.29, 1.82) is 0 Å². The predicted molar refractivity (Wildman–Crippen MR) is 149 cm³/mol. The number of rotatable bonds is 14. The highest BCUT2D eigenvalue weighted by Gasteiger charge is 2.40. The maximum absolute atomic E-state index is 10.3. The van der Waals surface area contributed by atoms with Crippen LogP contribution in [-0.4, -0.2) is 78.1 Å². The smallest absolute Gasteiger partial charge is 0.336 e. The van der Waals surface area contributed by atoms with Crippen molar-refractivity contribution < 1.29 is 44.3 Å². The van der Waals surface area contributed by atoms with Gasteiger partial charge in [-0.3, -0.25) is 24.5 Å². The number of carboxylic acids is 3. The van der Waals surface area contributed by atoms with Gasteiger partial charge in [-0.25, -0.2) is 4.79 Å². The van der Waals surface area contributed by atoms with E-state index in [-0.39, 0.29) is 0 Å². The maximum Gasteiger partial charge on any atom is 0.336 e. The molecule has 1 aromatic carbocycles. The molecule has 1 aliphatic rings. The van der Waals surface area contributed by atoms with E-state index < -0.39 is 36.4 Å². The number of benzene rings is 1. The molecule has 4 N–H and O–H groups in total. The Morgan fingerprint density at radius 2 is 1.50 bits per heavy atom. The fraction of sp³-hybridized carbons (Fsp3) is 0.367. The molecule has 42 heavy (non-hydrogen) atoms. The van der Waals surface area contributed by atoms with Gasteiger partial charge in [-0.1, -0.05) is 30.3 Å². The van der Waals surface area contributed by atoms with Gasteiger partial charge in [0.05, 0.1) is 30.3 Å². The van der Waals surface area contributed by atoms with Crippen molar-refractivity contribution in [2.45, 2.75) is 57.1 Å². The van der Waals surface area contributed by atoms with Crippen LogP contribution in [0.1, 0.15) is 42.6 Å². The molecule has 1 saturated heterocycles. The zero-order valence-corrected chi connectivity index (χ0v) is 23.0. The van der Waals surface area contributed by atoms with E-state index in [2.05, 4.69) is 33.1 Å². The average molecular weight is 582 g/mol. The summed E-state index contributed by atoms with van der Waals surface area (Å²) >= 11 is 0. The molecule has 12 heteroatoms. The van der Waals surface area contributed by atoms with Crippen LogP contribution in [0.15, 0.2) is 73.1 Å². The molecular weight excluding hydrogens is 546 g/mol. The van der Waals surface area contributed by atoms with E-state index in [9.17, 15) is 14.4 Å². The molecule has 1 atom stereocenters. The summed E-state index contributed by atoms with van der Waals surface area (Å²) in [5, 5.41) is 33.8. The quantitative estimate of drug-likeness (QED) is 0.219. The van der Waals surface area contributed by atoms with E-state index in [1.165, 1.54) is 0 Å². The van der Waals surface area contributed by atoms with Gasteiger partial charge in [0.2, 0.25) is 0 Å². The second-order valence-corrected chi connectivity index (χ2v) is 9.82. The van der Waals surface area contributed by atoms with E-state index in [0.717, 1.165) is 61.8 Å². The Morgan fingerprint density at radius 1 is 0.881 bits per heavy atom. The lowest BCUT2D eigenvalue weighted by atomic mass is 9.96. The number of nitrogens with zero attached hydrogens (tertiary/aromatic N) is 3. The van der Waals surface area contributed by atoms with Gasteiger partial charge < -0.3 is 29.9 Å². The van der Waals surface area contributed by atoms with Crippen molar-refractivity contribution in [2.24, 2.45) is 0 Å². The minimum atomic E-state index is -2.74. The largest absolute Gasteiger partial charge is 0.487 e. The number of para-hydroxylation sites is 1. The van der Waals surface area contributed by atoms with Crippen LogP contribution < -0.4 is 4.74 Å². The van der Waals surface area contributed by atoms with Gasteiger partial charge in [0.15, 0.2) is 5.60 Å². The Bertz CT molecular complexity index is 1270. The van der Waals surface area contributed by atoms with Crippen molar-refractivity contribution in [3.8, 4) is 5.75 Å². The molecule has 0 bridgehead atoms. The summed E-state index contributed by atoms with van der Waals surface area (Å²) in [5.74, 6) is -4.12. The summed E-state index contributed by atoms with van der Waals surface area (Å²) in [4.78, 5) is 41.7. The highest BCUT2D eigenvalue weighted by molar-refractivity contribution is 5.88. The minimum absolute atomic E-state index is 0.292. The SMILES string of the molecule is O=C(O)CC(O)(CC(=O)O)C(=O)O.c1ccc(COc2ccccc2CN(Cc2ccccn2)CC2CCCO2)nc1. The van der Waals surface area contributed by atoms with Crippen molar-refractivity contribution in [1.82, 2.24) is 14.9 Å². The number of pyridine rings is 2. The molecule has 0 spiro atoms. The molecule has 12 nitrogen and oxygen atoms in total. The highest BCUT2D eigenvalue weighted by atomic mass is 16.5. The van der Waals surface area contributed by atoms with Crippen molar-refractivity contribution >= 4 is 17.9 Å². The zero-order chi connectivity index (χ0) is 30.4. The molecule has 0 saturated carbocycles. The average Bonchev–Trinajstić information content (AvgIpc) is 3.46. The van der Waals surface area contributed by atoms with E-state index in [0.29, 0.717) is 12.7 Å². The second-order valence-electron chi connectivity index (χ2n) is 9.82. The Kier molecular flexibility index (Phi) is 12.4. The molecule has 1 fully saturated rings. The first-order valence-electron chi connectivity index (χ1n) is 13.4. The monoisotopic (exact) mass is 581 g/mol. The number of aliphatic hydroxyl groups is 1. The van der Waals surface area contributed by atoms with Crippen LogP contribution in [0, 0.1) is 0 Å². The molecule has 1 aliphatic heterocycles. The molecule has 3 aromatic rings. The molecule has 224 valence electrons. The van der Waals surface area contributed by atoms with Crippen LogP contribution in [0.25, 0.3) is 0 Å². The zero-order valence-electron chi connectivity index (χ0n) is 23.0. The van der Waals surface area contributed by atoms with Crippen molar-refractivity contribution in [3.63, 3.8) is 0 Å². The van der Waals surface area contributed by atoms with Gasteiger partial charge in [0.25, 0.3) is 0 Å². The third-order valence-corrected chi connectivity index (χ3v) is 6.35. The van der Waals surface area contributed by atoms with Crippen LogP contribution >= 0.6 is 0 Å². The van der Waals surface area contributed by atoms with Crippen LogP contribution in [0.4, 0.5) is 0 Å². The summed E-state index contributed by atoms with van der Waals surface area (Å²) in [6, 6.07) is 20.2. The van der Waals surface area contributed by atoms with E-state index >= 15 is 0 Å². The van der Waals surface area contributed by atoms with Gasteiger partial charge >= 0.3 is 17.9 Å². The second kappa shape index (κ2) is 16.2. The molecule has 0 aliphatic carbocycles. The number of aliphatic carboxylic acids is 3. The normalized spacial score (nSPS) is 14.6. The Balaban J connectivity index is 0.000000316. The lowest BCUT2D eigenvalue weighted by Crippen LogP contribution is -2.42. The first kappa shape index (κ1) is 32.1. The Labute approximate surface area is 243 Å². The van der Waals surface area contributed by atoms with E-state index in [1.807, 2.05) is 48.7 Å². The van der Waals surface area contributed by atoms with Gasteiger partial charge in [-0.05, 0) is 43.2 Å². The van der Waals surface area contributed by atoms with Crippen LogP contribution in [0.5, 0.6) is 5.75 Å². The third kappa shape index (κ3) is 10.9. The molecule has 2 aromatic heterocycles. The fourth-order valence-corrected chi connectivity index (χ4v) is 4.35. The number of aromatic nitrogens is 2. The van der Waals surface area contributed by atoms with Crippen LogP contribution in [-0.2, 0) is 38.8 Å². The number of hydrogen-bond acceptors (Lipinski definition) is 9. The Hall–Kier alpha value is -4.39. The molecule has 3 heterocycles. The summed E-state index contributed by atoms with van der Waals surface area (Å²) in [7, 11) is 0. The van der Waals surface area contributed by atoms with Crippen molar-refractivity contribution in [3.05, 3.63) is 90.0 Å². The molecule has 0 amide bonds. The summed E-state index contributed by atoms with van der Waals surface area (Å²) in [6.45, 7) is 3.80. The first-order chi connectivity index (χ1) is 20.1. The summed E-state index contributed by atoms with van der Waals surface area (Å²) < 4.78 is 12.0. The lowest BCUT2D eigenvalue weighted by Gasteiger charge is -2.26. The third-order valence-electron chi connectivity index (χ3n) is 6.35. The number of carboxylic acid groups (broad SMARTS) is 3. The van der Waals surface area contributed by atoms with E-state index in [4.69, 9.17) is 29.9 Å². The number of carbonyl (C=O) groups is 3. The molecule has 1 unspecified atom stereocenters. The molecule has 4 rings (SSSR count). The Morgan fingerprint density at radius 3 is 2.05 bits per heavy atom. The van der Waals surface area contributed by atoms with Gasteiger partial charge in [0, 0.05) is 44.2 Å². The van der Waals surface area contributed by atoms with E-state index in [1.54, 1.807) is 6.20 Å². The molecule has 0 radical (unpaired) electrons. The van der Waals surface area contributed by atoms with Crippen LogP contribution in [0.2, 0.25) is 0 Å². The van der Waals surface area contributed by atoms with Crippen LogP contribution in [0.3, 0.4) is 0 Å². The first-order valence-corrected chi connectivity index (χ1v) is 13.4. The number of hydrogen-bond donors (Lipinski definition) is 4. The van der Waals surface area contributed by atoms with Gasteiger partial charge in [0.1, 0.15) is 12.4 Å². The van der Waals surface area contributed by atoms with Gasteiger partial charge in [-0.2, -0.15) is 0 Å².